The first-order valence-corrected chi connectivity index (χ1v) is 11.6. The SMILES string of the molecule is C[C@@H](O)[C@H]1C(=O)N2C(C(=O)O)=C(S[C@H]3C[C@H](N[C@H]4CC[C@H](NC(=N)N)C4)C3)[C@H](C)[C@H]12. The number of aliphatic hydroxyl groups is 1. The topological polar surface area (TPSA) is 152 Å². The van der Waals surface area contributed by atoms with Crippen LogP contribution in [-0.4, -0.2) is 68.5 Å². The number of nitrogens with two attached hydrogens (primary N) is 1. The molecule has 0 bridgehead atoms. The van der Waals surface area contributed by atoms with Gasteiger partial charge in [-0.3, -0.25) is 10.2 Å². The van der Waals surface area contributed by atoms with Gasteiger partial charge in [-0.1, -0.05) is 6.92 Å². The van der Waals surface area contributed by atoms with Crippen molar-refractivity contribution in [2.45, 2.75) is 81.5 Å². The van der Waals surface area contributed by atoms with Gasteiger partial charge in [-0.15, -0.1) is 11.8 Å². The highest BCUT2D eigenvalue weighted by Crippen LogP contribution is 2.53. The van der Waals surface area contributed by atoms with Crippen molar-refractivity contribution < 1.29 is 19.8 Å². The van der Waals surface area contributed by atoms with E-state index in [4.69, 9.17) is 11.1 Å². The summed E-state index contributed by atoms with van der Waals surface area (Å²) in [6.45, 7) is 3.56. The largest absolute Gasteiger partial charge is 0.477 e. The lowest BCUT2D eigenvalue weighted by Gasteiger charge is -2.46. The Morgan fingerprint density at radius 1 is 1.27 bits per heavy atom. The highest BCUT2D eigenvalue weighted by atomic mass is 32.2. The number of β-lactam (4-membered cyclic amide) rings is 1. The fourth-order valence-corrected chi connectivity index (χ4v) is 7.14. The van der Waals surface area contributed by atoms with Crippen molar-refractivity contribution in [1.82, 2.24) is 15.5 Å². The van der Waals surface area contributed by atoms with E-state index in [1.807, 2.05) is 6.92 Å². The maximum atomic E-state index is 12.4. The van der Waals surface area contributed by atoms with Crippen LogP contribution in [0.1, 0.15) is 46.0 Å². The number of hydrogen-bond donors (Lipinski definition) is 6. The second-order valence-electron chi connectivity index (χ2n) is 9.11. The van der Waals surface area contributed by atoms with Gasteiger partial charge in [0.05, 0.1) is 18.1 Å². The summed E-state index contributed by atoms with van der Waals surface area (Å²) in [6.07, 6.45) is 4.18. The molecule has 4 aliphatic rings. The van der Waals surface area contributed by atoms with E-state index in [0.29, 0.717) is 17.3 Å². The second-order valence-corrected chi connectivity index (χ2v) is 10.5. The molecule has 166 valence electrons. The van der Waals surface area contributed by atoms with Gasteiger partial charge in [0.2, 0.25) is 5.91 Å². The molecule has 4 rings (SSSR count). The quantitative estimate of drug-likeness (QED) is 0.190. The van der Waals surface area contributed by atoms with Gasteiger partial charge in [0.1, 0.15) is 5.70 Å². The molecule has 7 N–H and O–H groups in total. The molecule has 1 amide bonds. The maximum Gasteiger partial charge on any atom is 0.353 e. The molecule has 0 aromatic heterocycles. The van der Waals surface area contributed by atoms with Crippen molar-refractivity contribution in [2.75, 3.05) is 0 Å². The molecular formula is C20H31N5O4S. The molecule has 0 radical (unpaired) electrons. The van der Waals surface area contributed by atoms with Gasteiger partial charge in [0.25, 0.3) is 0 Å². The number of nitrogens with one attached hydrogen (secondary N) is 3. The van der Waals surface area contributed by atoms with Gasteiger partial charge >= 0.3 is 5.97 Å². The van der Waals surface area contributed by atoms with Crippen molar-refractivity contribution in [3.8, 4) is 0 Å². The maximum absolute atomic E-state index is 12.4. The zero-order chi connectivity index (χ0) is 21.7. The zero-order valence-electron chi connectivity index (χ0n) is 17.3. The van der Waals surface area contributed by atoms with Crippen LogP contribution in [0.2, 0.25) is 0 Å². The van der Waals surface area contributed by atoms with Crippen LogP contribution in [-0.2, 0) is 9.59 Å². The lowest BCUT2D eigenvalue weighted by atomic mass is 9.79. The first-order valence-electron chi connectivity index (χ1n) is 10.7. The van der Waals surface area contributed by atoms with E-state index < -0.39 is 18.0 Å². The van der Waals surface area contributed by atoms with Crippen LogP contribution in [0.25, 0.3) is 0 Å². The summed E-state index contributed by atoms with van der Waals surface area (Å²) in [5, 5.41) is 34.0. The molecule has 0 aromatic carbocycles. The summed E-state index contributed by atoms with van der Waals surface area (Å²) in [5.41, 5.74) is 5.53. The van der Waals surface area contributed by atoms with Crippen LogP contribution in [0.4, 0.5) is 0 Å². The monoisotopic (exact) mass is 437 g/mol. The Balaban J connectivity index is 1.32. The number of carboxylic acids is 1. The molecule has 2 aliphatic carbocycles. The smallest absolute Gasteiger partial charge is 0.353 e. The van der Waals surface area contributed by atoms with Crippen molar-refractivity contribution in [3.05, 3.63) is 10.6 Å². The average molecular weight is 438 g/mol. The summed E-state index contributed by atoms with van der Waals surface area (Å²) in [6, 6.07) is 0.850. The number of thioether (sulfide) groups is 1. The molecule has 0 spiro atoms. The Morgan fingerprint density at radius 2 is 1.93 bits per heavy atom. The Morgan fingerprint density at radius 3 is 2.53 bits per heavy atom. The number of nitrogens with zero attached hydrogens (tertiary/aromatic N) is 1. The van der Waals surface area contributed by atoms with Crippen LogP contribution < -0.4 is 16.4 Å². The standard InChI is InChI=1S/C20H31N5O4S/c1-8-15-14(9(2)26)18(27)25(15)16(19(28)29)17(8)30-13-6-12(7-13)23-10-3-4-11(5-10)24-20(21)22/h8-15,23,26H,3-7H2,1-2H3,(H,28,29)(H4,21,22,24)/t8-,9-,10+,11+,12-,13-,14-,15-/m1/s1. The van der Waals surface area contributed by atoms with Crippen molar-refractivity contribution >= 4 is 29.6 Å². The molecular weight excluding hydrogens is 406 g/mol. The number of aliphatic hydroxyl groups excluding tert-OH is 1. The normalized spacial score (nSPS) is 38.7. The average Bonchev–Trinajstić information content (AvgIpc) is 3.13. The summed E-state index contributed by atoms with van der Waals surface area (Å²) in [4.78, 5) is 26.5. The predicted molar refractivity (Wildman–Crippen MR) is 114 cm³/mol. The van der Waals surface area contributed by atoms with Gasteiger partial charge in [0.15, 0.2) is 5.96 Å². The minimum absolute atomic E-state index is 0.0231. The summed E-state index contributed by atoms with van der Waals surface area (Å²) >= 11 is 1.60. The molecule has 9 nitrogen and oxygen atoms in total. The van der Waals surface area contributed by atoms with Crippen molar-refractivity contribution in [3.63, 3.8) is 0 Å². The Labute approximate surface area is 180 Å². The number of aliphatic carboxylic acids is 1. The lowest BCUT2D eigenvalue weighted by molar-refractivity contribution is -0.163. The number of rotatable bonds is 7. The second kappa shape index (κ2) is 8.05. The fourth-order valence-electron chi connectivity index (χ4n) is 5.47. The third kappa shape index (κ3) is 3.69. The van der Waals surface area contributed by atoms with E-state index in [9.17, 15) is 19.8 Å². The van der Waals surface area contributed by atoms with Crippen LogP contribution in [0.3, 0.4) is 0 Å². The predicted octanol–water partition coefficient (Wildman–Crippen LogP) is 0.398. The fraction of sp³-hybridized carbons (Fsp3) is 0.750. The summed E-state index contributed by atoms with van der Waals surface area (Å²) in [5.74, 6) is -1.90. The van der Waals surface area contributed by atoms with E-state index in [1.54, 1.807) is 18.7 Å². The highest BCUT2D eigenvalue weighted by molar-refractivity contribution is 8.03. The van der Waals surface area contributed by atoms with Gasteiger partial charge in [0, 0.05) is 34.2 Å². The van der Waals surface area contributed by atoms with Crippen LogP contribution in [0.5, 0.6) is 0 Å². The number of carbonyl (C=O) groups excluding carboxylic acids is 1. The van der Waals surface area contributed by atoms with Gasteiger partial charge in [-0.2, -0.15) is 0 Å². The number of carboxylic acid groups (broad SMARTS) is 1. The van der Waals surface area contributed by atoms with Crippen molar-refractivity contribution in [1.29, 1.82) is 5.41 Å². The van der Waals surface area contributed by atoms with E-state index >= 15 is 0 Å². The van der Waals surface area contributed by atoms with Crippen LogP contribution >= 0.6 is 11.8 Å². The van der Waals surface area contributed by atoms with Crippen molar-refractivity contribution in [2.24, 2.45) is 17.6 Å². The molecule has 1 saturated heterocycles. The minimum atomic E-state index is -1.06. The molecule has 0 unspecified atom stereocenters. The number of hydrogen-bond acceptors (Lipinski definition) is 6. The van der Waals surface area contributed by atoms with Gasteiger partial charge in [-0.05, 0) is 39.0 Å². The number of amides is 1. The molecule has 0 aromatic rings. The molecule has 6 atom stereocenters. The van der Waals surface area contributed by atoms with Crippen LogP contribution in [0, 0.1) is 17.2 Å². The Hall–Kier alpha value is -1.78. The van der Waals surface area contributed by atoms with E-state index in [-0.39, 0.29) is 35.6 Å². The highest BCUT2D eigenvalue weighted by Gasteiger charge is 2.60. The number of carbonyl (C=O) groups is 2. The number of fused-ring (bicyclic) bond motifs is 1. The molecule has 3 fully saturated rings. The Kier molecular flexibility index (Phi) is 5.75. The number of guanidine groups is 1. The van der Waals surface area contributed by atoms with E-state index in [2.05, 4.69) is 10.6 Å². The third-order valence-corrected chi connectivity index (χ3v) is 8.50. The first kappa shape index (κ1) is 21.5. The van der Waals surface area contributed by atoms with E-state index in [1.165, 1.54) is 4.90 Å². The molecule has 2 aliphatic heterocycles. The molecule has 10 heteroatoms. The minimum Gasteiger partial charge on any atom is -0.477 e. The van der Waals surface area contributed by atoms with Gasteiger partial charge in [-0.25, -0.2) is 4.79 Å². The Bertz CT molecular complexity index is 781. The van der Waals surface area contributed by atoms with Gasteiger partial charge < -0.3 is 31.5 Å². The van der Waals surface area contributed by atoms with E-state index in [0.717, 1.165) is 37.0 Å². The molecule has 30 heavy (non-hydrogen) atoms. The molecule has 2 heterocycles. The molecule has 2 saturated carbocycles. The zero-order valence-corrected chi connectivity index (χ0v) is 18.1. The summed E-state index contributed by atoms with van der Waals surface area (Å²) in [7, 11) is 0. The van der Waals surface area contributed by atoms with Crippen LogP contribution in [0.15, 0.2) is 10.6 Å². The summed E-state index contributed by atoms with van der Waals surface area (Å²) < 4.78 is 0. The lowest BCUT2D eigenvalue weighted by Crippen LogP contribution is -2.63. The first-order chi connectivity index (χ1) is 14.2. The third-order valence-electron chi connectivity index (χ3n) is 6.96.